The maximum atomic E-state index is 12.5. The van der Waals surface area contributed by atoms with E-state index in [0.717, 1.165) is 10.6 Å². The summed E-state index contributed by atoms with van der Waals surface area (Å²) in [7, 11) is 0. The van der Waals surface area contributed by atoms with Crippen LogP contribution in [0, 0.1) is 24.0 Å². The number of hydrogen-bond donors (Lipinski definition) is 1. The topological polar surface area (TPSA) is 90.1 Å². The van der Waals surface area contributed by atoms with Gasteiger partial charge in [0.05, 0.1) is 10.6 Å². The molecule has 1 aliphatic rings. The van der Waals surface area contributed by atoms with Gasteiger partial charge in [0.15, 0.2) is 0 Å². The quantitative estimate of drug-likeness (QED) is 0.608. The van der Waals surface area contributed by atoms with Gasteiger partial charge in [0, 0.05) is 10.1 Å². The van der Waals surface area contributed by atoms with Crippen molar-refractivity contribution in [2.24, 2.45) is 0 Å². The standard InChI is InChI=1S/C18H22N4O3S/c1-12-18(22(24)25)13(2)21(20-12)11-17(23)19-15-9-5-6-10-16(15)26-14-7-3-4-8-14/h5-6,9-10,14H,3-4,7-8,11H2,1-2H3,(H,19,23). The first-order chi connectivity index (χ1) is 12.5. The Morgan fingerprint density at radius 1 is 1.35 bits per heavy atom. The second-order valence-corrected chi connectivity index (χ2v) is 7.85. The number of nitrogens with zero attached hydrogens (tertiary/aromatic N) is 3. The summed E-state index contributed by atoms with van der Waals surface area (Å²) in [5.74, 6) is -0.245. The Balaban J connectivity index is 1.71. The van der Waals surface area contributed by atoms with E-state index in [-0.39, 0.29) is 18.1 Å². The molecule has 0 bridgehead atoms. The minimum atomic E-state index is -0.459. The SMILES string of the molecule is Cc1nn(CC(=O)Nc2ccccc2SC2CCCC2)c(C)c1[N+](=O)[O-]. The number of benzene rings is 1. The van der Waals surface area contributed by atoms with Gasteiger partial charge < -0.3 is 5.32 Å². The molecule has 0 unspecified atom stereocenters. The lowest BCUT2D eigenvalue weighted by atomic mass is 10.3. The number of nitrogens with one attached hydrogen (secondary N) is 1. The van der Waals surface area contributed by atoms with Crippen molar-refractivity contribution in [3.05, 3.63) is 45.8 Å². The van der Waals surface area contributed by atoms with E-state index < -0.39 is 4.92 Å². The summed E-state index contributed by atoms with van der Waals surface area (Å²) in [6.07, 6.45) is 4.95. The van der Waals surface area contributed by atoms with Crippen LogP contribution >= 0.6 is 11.8 Å². The molecule has 1 aliphatic carbocycles. The van der Waals surface area contributed by atoms with Gasteiger partial charge in [-0.25, -0.2) is 0 Å². The second-order valence-electron chi connectivity index (χ2n) is 6.50. The Hall–Kier alpha value is -2.35. The number of thioether (sulfide) groups is 1. The van der Waals surface area contributed by atoms with Crippen molar-refractivity contribution in [3.63, 3.8) is 0 Å². The number of nitro groups is 1. The Labute approximate surface area is 156 Å². The zero-order valence-corrected chi connectivity index (χ0v) is 15.7. The van der Waals surface area contributed by atoms with Crippen LogP contribution in [0.5, 0.6) is 0 Å². The van der Waals surface area contributed by atoms with E-state index >= 15 is 0 Å². The van der Waals surface area contributed by atoms with E-state index in [1.165, 1.54) is 30.4 Å². The third-order valence-electron chi connectivity index (χ3n) is 4.58. The van der Waals surface area contributed by atoms with Gasteiger partial charge in [0.1, 0.15) is 17.9 Å². The van der Waals surface area contributed by atoms with Crippen LogP contribution in [0.2, 0.25) is 0 Å². The number of aryl methyl sites for hydroxylation is 1. The molecule has 0 saturated heterocycles. The van der Waals surface area contributed by atoms with Gasteiger partial charge in [-0.15, -0.1) is 11.8 Å². The van der Waals surface area contributed by atoms with Crippen molar-refractivity contribution in [2.75, 3.05) is 5.32 Å². The third kappa shape index (κ3) is 4.07. The summed E-state index contributed by atoms with van der Waals surface area (Å²) in [4.78, 5) is 24.2. The summed E-state index contributed by atoms with van der Waals surface area (Å²) >= 11 is 1.81. The van der Waals surface area contributed by atoms with Gasteiger partial charge in [0.2, 0.25) is 5.91 Å². The van der Waals surface area contributed by atoms with E-state index in [9.17, 15) is 14.9 Å². The van der Waals surface area contributed by atoms with E-state index in [2.05, 4.69) is 10.4 Å². The number of aromatic nitrogens is 2. The summed E-state index contributed by atoms with van der Waals surface area (Å²) < 4.78 is 1.38. The number of anilines is 1. The van der Waals surface area contributed by atoms with E-state index in [1.807, 2.05) is 36.0 Å². The molecule has 3 rings (SSSR count). The fourth-order valence-corrected chi connectivity index (χ4v) is 4.62. The highest BCUT2D eigenvalue weighted by Gasteiger charge is 2.23. The molecule has 8 heteroatoms. The number of rotatable bonds is 6. The monoisotopic (exact) mass is 374 g/mol. The molecule has 1 saturated carbocycles. The predicted octanol–water partition coefficient (Wildman–Crippen LogP) is 4.08. The predicted molar refractivity (Wildman–Crippen MR) is 102 cm³/mol. The first kappa shape index (κ1) is 18.4. The molecule has 0 atom stereocenters. The van der Waals surface area contributed by atoms with Crippen LogP contribution in [-0.4, -0.2) is 25.9 Å². The van der Waals surface area contributed by atoms with Gasteiger partial charge in [0.25, 0.3) is 0 Å². The Morgan fingerprint density at radius 2 is 2.04 bits per heavy atom. The fraction of sp³-hybridized carbons (Fsp3) is 0.444. The summed E-state index contributed by atoms with van der Waals surface area (Å²) in [5.41, 5.74) is 1.45. The molecule has 1 aromatic carbocycles. The van der Waals surface area contributed by atoms with E-state index in [0.29, 0.717) is 16.6 Å². The van der Waals surface area contributed by atoms with Crippen LogP contribution in [-0.2, 0) is 11.3 Å². The van der Waals surface area contributed by atoms with Gasteiger partial charge in [-0.1, -0.05) is 25.0 Å². The van der Waals surface area contributed by atoms with Gasteiger partial charge in [-0.05, 0) is 38.8 Å². The Morgan fingerprint density at radius 3 is 2.69 bits per heavy atom. The summed E-state index contributed by atoms with van der Waals surface area (Å²) in [5, 5.41) is 18.7. The van der Waals surface area contributed by atoms with Crippen LogP contribution < -0.4 is 5.32 Å². The van der Waals surface area contributed by atoms with E-state index in [4.69, 9.17) is 0 Å². The average molecular weight is 374 g/mol. The van der Waals surface area contributed by atoms with Gasteiger partial charge in [-0.3, -0.25) is 19.6 Å². The summed E-state index contributed by atoms with van der Waals surface area (Å²) in [6, 6.07) is 7.77. The molecular formula is C18H22N4O3S. The van der Waals surface area contributed by atoms with Crippen molar-refractivity contribution < 1.29 is 9.72 Å². The first-order valence-electron chi connectivity index (χ1n) is 8.69. The molecule has 0 spiro atoms. The van der Waals surface area contributed by atoms with Crippen LogP contribution in [0.1, 0.15) is 37.1 Å². The van der Waals surface area contributed by atoms with Crippen LogP contribution in [0.4, 0.5) is 11.4 Å². The minimum Gasteiger partial charge on any atom is -0.323 e. The number of para-hydroxylation sites is 1. The highest BCUT2D eigenvalue weighted by Crippen LogP contribution is 2.38. The maximum Gasteiger partial charge on any atom is 0.312 e. The van der Waals surface area contributed by atoms with Gasteiger partial charge in [-0.2, -0.15) is 5.10 Å². The van der Waals surface area contributed by atoms with E-state index in [1.54, 1.807) is 13.8 Å². The largest absolute Gasteiger partial charge is 0.323 e. The number of carbonyl (C=O) groups is 1. The van der Waals surface area contributed by atoms with Gasteiger partial charge >= 0.3 is 5.69 Å². The highest BCUT2D eigenvalue weighted by atomic mass is 32.2. The van der Waals surface area contributed by atoms with Crippen molar-refractivity contribution in [2.45, 2.75) is 56.2 Å². The molecule has 2 aromatic rings. The van der Waals surface area contributed by atoms with Crippen molar-refractivity contribution >= 4 is 29.0 Å². The molecule has 138 valence electrons. The van der Waals surface area contributed by atoms with Crippen molar-refractivity contribution in [1.29, 1.82) is 0 Å². The Bertz CT molecular complexity index is 828. The van der Waals surface area contributed by atoms with Crippen LogP contribution in [0.25, 0.3) is 0 Å². The zero-order chi connectivity index (χ0) is 18.7. The first-order valence-corrected chi connectivity index (χ1v) is 9.57. The molecule has 26 heavy (non-hydrogen) atoms. The lowest BCUT2D eigenvalue weighted by molar-refractivity contribution is -0.386. The number of amides is 1. The lowest BCUT2D eigenvalue weighted by Gasteiger charge is -2.14. The maximum absolute atomic E-state index is 12.5. The zero-order valence-electron chi connectivity index (χ0n) is 14.9. The van der Waals surface area contributed by atoms with Crippen molar-refractivity contribution in [1.82, 2.24) is 9.78 Å². The fourth-order valence-electron chi connectivity index (χ4n) is 3.29. The number of hydrogen-bond acceptors (Lipinski definition) is 5. The Kier molecular flexibility index (Phi) is 5.61. The summed E-state index contributed by atoms with van der Waals surface area (Å²) in [6.45, 7) is 3.13. The minimum absolute atomic E-state index is 0.0324. The van der Waals surface area contributed by atoms with Crippen LogP contribution in [0.15, 0.2) is 29.2 Å². The molecule has 1 aromatic heterocycles. The lowest BCUT2D eigenvalue weighted by Crippen LogP contribution is -2.20. The number of carbonyl (C=O) groups excluding carboxylic acids is 1. The molecule has 0 aliphatic heterocycles. The van der Waals surface area contributed by atoms with Crippen molar-refractivity contribution in [3.8, 4) is 0 Å². The molecule has 0 radical (unpaired) electrons. The third-order valence-corrected chi connectivity index (χ3v) is 5.99. The smallest absolute Gasteiger partial charge is 0.312 e. The van der Waals surface area contributed by atoms with Crippen LogP contribution in [0.3, 0.4) is 0 Å². The molecular weight excluding hydrogens is 352 g/mol. The molecule has 1 fully saturated rings. The molecule has 1 amide bonds. The molecule has 1 N–H and O–H groups in total. The molecule has 1 heterocycles. The molecule has 7 nitrogen and oxygen atoms in total. The highest BCUT2D eigenvalue weighted by molar-refractivity contribution is 8.00. The second kappa shape index (κ2) is 7.90. The normalized spacial score (nSPS) is 14.5. The average Bonchev–Trinajstić information content (AvgIpc) is 3.17.